The van der Waals surface area contributed by atoms with Crippen LogP contribution in [0.2, 0.25) is 0 Å². The molecule has 1 unspecified atom stereocenters. The highest BCUT2D eigenvalue weighted by Crippen LogP contribution is 2.34. The molecule has 2 atom stereocenters. The lowest BCUT2D eigenvalue weighted by Crippen LogP contribution is -2.49. The van der Waals surface area contributed by atoms with Crippen molar-refractivity contribution >= 4 is 6.09 Å². The SMILES string of the molecule is C=C[C@@]1(CCCO)CCN(C(C)c2ccc(-c3ccc(C#N)cn3)cc2)C(=O)O1. The number of rotatable bonds is 7. The molecular formula is C23H25N3O3. The van der Waals surface area contributed by atoms with E-state index in [-0.39, 0.29) is 18.7 Å². The number of ether oxygens (including phenoxy) is 1. The molecule has 1 fully saturated rings. The molecule has 1 N–H and O–H groups in total. The van der Waals surface area contributed by atoms with Gasteiger partial charge >= 0.3 is 6.09 Å². The molecule has 1 aliphatic rings. The fraction of sp³-hybridized carbons (Fsp3) is 0.348. The summed E-state index contributed by atoms with van der Waals surface area (Å²) in [6.45, 7) is 6.43. The van der Waals surface area contributed by atoms with Crippen molar-refractivity contribution in [1.82, 2.24) is 9.88 Å². The number of nitriles is 1. The zero-order chi connectivity index (χ0) is 20.9. The Balaban J connectivity index is 1.70. The van der Waals surface area contributed by atoms with Crippen molar-refractivity contribution in [3.05, 3.63) is 66.4 Å². The molecule has 150 valence electrons. The highest BCUT2D eigenvalue weighted by Gasteiger charge is 2.39. The second-order valence-corrected chi connectivity index (χ2v) is 7.25. The van der Waals surface area contributed by atoms with Gasteiger partial charge in [0.1, 0.15) is 11.7 Å². The third kappa shape index (κ3) is 4.47. The number of amides is 1. The Hall–Kier alpha value is -3.17. The van der Waals surface area contributed by atoms with E-state index in [1.54, 1.807) is 23.2 Å². The largest absolute Gasteiger partial charge is 0.438 e. The van der Waals surface area contributed by atoms with Crippen LogP contribution in [0, 0.1) is 11.3 Å². The molecule has 1 aromatic carbocycles. The van der Waals surface area contributed by atoms with Crippen molar-refractivity contribution in [1.29, 1.82) is 5.26 Å². The van der Waals surface area contributed by atoms with Crippen LogP contribution in [0.1, 0.15) is 43.4 Å². The van der Waals surface area contributed by atoms with E-state index < -0.39 is 5.60 Å². The van der Waals surface area contributed by atoms with Crippen LogP contribution in [0.25, 0.3) is 11.3 Å². The quantitative estimate of drug-likeness (QED) is 0.714. The number of carbonyl (C=O) groups excluding carboxylic acids is 1. The monoisotopic (exact) mass is 391 g/mol. The van der Waals surface area contributed by atoms with Gasteiger partial charge < -0.3 is 14.7 Å². The number of aromatic nitrogens is 1. The van der Waals surface area contributed by atoms with E-state index in [0.717, 1.165) is 16.8 Å². The van der Waals surface area contributed by atoms with E-state index in [9.17, 15) is 4.79 Å². The van der Waals surface area contributed by atoms with Gasteiger partial charge in [-0.1, -0.05) is 30.8 Å². The molecule has 0 radical (unpaired) electrons. The van der Waals surface area contributed by atoms with Gasteiger partial charge in [-0.2, -0.15) is 5.26 Å². The molecule has 1 aromatic heterocycles. The van der Waals surface area contributed by atoms with E-state index in [0.29, 0.717) is 31.4 Å². The van der Waals surface area contributed by atoms with Gasteiger partial charge in [0.05, 0.1) is 17.3 Å². The Bertz CT molecular complexity index is 902. The average Bonchev–Trinajstić information content (AvgIpc) is 2.77. The van der Waals surface area contributed by atoms with Gasteiger partial charge in [0, 0.05) is 31.3 Å². The van der Waals surface area contributed by atoms with Crippen LogP contribution < -0.4 is 0 Å². The summed E-state index contributed by atoms with van der Waals surface area (Å²) in [4.78, 5) is 18.7. The second kappa shape index (κ2) is 8.89. The van der Waals surface area contributed by atoms with Crippen LogP contribution in [-0.4, -0.2) is 39.8 Å². The first kappa shape index (κ1) is 20.6. The molecule has 2 heterocycles. The summed E-state index contributed by atoms with van der Waals surface area (Å²) in [5.74, 6) is 0. The van der Waals surface area contributed by atoms with Gasteiger partial charge in [0.2, 0.25) is 0 Å². The number of aliphatic hydroxyl groups is 1. The van der Waals surface area contributed by atoms with E-state index in [1.165, 1.54) is 0 Å². The van der Waals surface area contributed by atoms with Crippen LogP contribution >= 0.6 is 0 Å². The number of cyclic esters (lactones) is 1. The maximum atomic E-state index is 12.7. The zero-order valence-corrected chi connectivity index (χ0v) is 16.5. The number of hydrogen-bond acceptors (Lipinski definition) is 5. The van der Waals surface area contributed by atoms with Gasteiger partial charge in [-0.05, 0) is 43.5 Å². The molecule has 6 heteroatoms. The summed E-state index contributed by atoms with van der Waals surface area (Å²) in [5.41, 5.74) is 2.57. The van der Waals surface area contributed by atoms with Crippen molar-refractivity contribution in [3.8, 4) is 17.3 Å². The number of hydrogen-bond donors (Lipinski definition) is 1. The number of carbonyl (C=O) groups is 1. The van der Waals surface area contributed by atoms with Crippen molar-refractivity contribution < 1.29 is 14.6 Å². The molecule has 29 heavy (non-hydrogen) atoms. The number of aliphatic hydroxyl groups excluding tert-OH is 1. The molecule has 0 spiro atoms. The van der Waals surface area contributed by atoms with Gasteiger partial charge in [-0.3, -0.25) is 4.98 Å². The summed E-state index contributed by atoms with van der Waals surface area (Å²) in [6.07, 6.45) is 4.67. The smallest absolute Gasteiger partial charge is 0.411 e. The molecule has 1 aliphatic heterocycles. The summed E-state index contributed by atoms with van der Waals surface area (Å²) < 4.78 is 5.72. The third-order valence-corrected chi connectivity index (χ3v) is 5.48. The van der Waals surface area contributed by atoms with Crippen LogP contribution in [0.4, 0.5) is 4.79 Å². The molecule has 0 saturated carbocycles. The molecular weight excluding hydrogens is 366 g/mol. The van der Waals surface area contributed by atoms with Crippen LogP contribution in [0.3, 0.4) is 0 Å². The van der Waals surface area contributed by atoms with Crippen LogP contribution in [0.5, 0.6) is 0 Å². The van der Waals surface area contributed by atoms with E-state index in [2.05, 4.69) is 17.6 Å². The molecule has 1 amide bonds. The maximum Gasteiger partial charge on any atom is 0.411 e. The maximum absolute atomic E-state index is 12.7. The van der Waals surface area contributed by atoms with E-state index in [4.69, 9.17) is 15.1 Å². The highest BCUT2D eigenvalue weighted by molar-refractivity contribution is 5.70. The van der Waals surface area contributed by atoms with Gasteiger partial charge in [0.25, 0.3) is 0 Å². The lowest BCUT2D eigenvalue weighted by Gasteiger charge is -2.41. The lowest BCUT2D eigenvalue weighted by molar-refractivity contribution is -0.0347. The Labute approximate surface area is 171 Å². The lowest BCUT2D eigenvalue weighted by atomic mass is 9.91. The van der Waals surface area contributed by atoms with Crippen molar-refractivity contribution in [2.75, 3.05) is 13.2 Å². The molecule has 2 aromatic rings. The minimum atomic E-state index is -0.693. The standard InChI is InChI=1S/C23H25N3O3/c1-3-23(11-4-14-27)12-13-26(22(28)29-23)17(2)19-6-8-20(9-7-19)21-10-5-18(15-24)16-25-21/h3,5-10,16-17,27H,1,4,11-14H2,2H3/t17?,23-/m1/s1. The normalized spacial score (nSPS) is 19.9. The molecule has 1 saturated heterocycles. The van der Waals surface area contributed by atoms with Crippen molar-refractivity contribution in [2.24, 2.45) is 0 Å². The summed E-state index contributed by atoms with van der Waals surface area (Å²) in [7, 11) is 0. The Morgan fingerprint density at radius 2 is 2.14 bits per heavy atom. The summed E-state index contributed by atoms with van der Waals surface area (Å²) in [5, 5.41) is 18.0. The number of benzene rings is 1. The first-order valence-corrected chi connectivity index (χ1v) is 9.72. The van der Waals surface area contributed by atoms with Gasteiger partial charge in [0.15, 0.2) is 0 Å². The average molecular weight is 391 g/mol. The molecule has 6 nitrogen and oxygen atoms in total. The zero-order valence-electron chi connectivity index (χ0n) is 16.5. The van der Waals surface area contributed by atoms with Gasteiger partial charge in [-0.25, -0.2) is 4.79 Å². The minimum Gasteiger partial charge on any atom is -0.438 e. The number of nitrogens with zero attached hydrogens (tertiary/aromatic N) is 3. The predicted octanol–water partition coefficient (Wildman–Crippen LogP) is 4.22. The minimum absolute atomic E-state index is 0.0632. The highest BCUT2D eigenvalue weighted by atomic mass is 16.6. The Morgan fingerprint density at radius 1 is 1.38 bits per heavy atom. The predicted molar refractivity (Wildman–Crippen MR) is 110 cm³/mol. The Kier molecular flexibility index (Phi) is 6.30. The fourth-order valence-electron chi connectivity index (χ4n) is 3.58. The molecule has 3 rings (SSSR count). The Morgan fingerprint density at radius 3 is 2.69 bits per heavy atom. The van der Waals surface area contributed by atoms with Crippen molar-refractivity contribution in [3.63, 3.8) is 0 Å². The van der Waals surface area contributed by atoms with Crippen LogP contribution in [0.15, 0.2) is 55.3 Å². The number of pyridine rings is 1. The summed E-state index contributed by atoms with van der Waals surface area (Å²) in [6, 6.07) is 13.4. The van der Waals surface area contributed by atoms with Crippen molar-refractivity contribution in [2.45, 2.75) is 37.8 Å². The van der Waals surface area contributed by atoms with Crippen LogP contribution in [-0.2, 0) is 4.74 Å². The van der Waals surface area contributed by atoms with Gasteiger partial charge in [-0.15, -0.1) is 0 Å². The summed E-state index contributed by atoms with van der Waals surface area (Å²) >= 11 is 0. The van der Waals surface area contributed by atoms with E-state index >= 15 is 0 Å². The molecule has 0 bridgehead atoms. The first-order chi connectivity index (χ1) is 14.0. The first-order valence-electron chi connectivity index (χ1n) is 9.72. The second-order valence-electron chi connectivity index (χ2n) is 7.25. The topological polar surface area (TPSA) is 86.5 Å². The molecule has 0 aliphatic carbocycles. The van der Waals surface area contributed by atoms with E-state index in [1.807, 2.05) is 37.3 Å². The third-order valence-electron chi connectivity index (χ3n) is 5.48. The fourth-order valence-corrected chi connectivity index (χ4v) is 3.58.